The van der Waals surface area contributed by atoms with Crippen molar-refractivity contribution in [3.8, 4) is 0 Å². The molecule has 0 fully saturated rings. The zero-order valence-electron chi connectivity index (χ0n) is 12.9. The first kappa shape index (κ1) is 15.3. The summed E-state index contributed by atoms with van der Waals surface area (Å²) in [6.07, 6.45) is 6.28. The van der Waals surface area contributed by atoms with Gasteiger partial charge in [0.15, 0.2) is 0 Å². The Balaban J connectivity index is 2.02. The quantitative estimate of drug-likeness (QED) is 0.915. The van der Waals surface area contributed by atoms with Crippen molar-refractivity contribution in [2.75, 3.05) is 0 Å². The van der Waals surface area contributed by atoms with Gasteiger partial charge in [-0.25, -0.2) is 4.98 Å². The molecule has 0 saturated heterocycles. The second kappa shape index (κ2) is 6.10. The highest BCUT2D eigenvalue weighted by Crippen LogP contribution is 2.24. The van der Waals surface area contributed by atoms with E-state index in [2.05, 4.69) is 56.1 Å². The van der Waals surface area contributed by atoms with Crippen LogP contribution in [-0.4, -0.2) is 15.6 Å². The minimum Gasteiger partial charge on any atom is -0.347 e. The SMILES string of the molecule is CCC(N)Cc1ccn(Cc2nc(C(C)(C)C)cs2)c1. The molecule has 2 aromatic rings. The molecule has 1 unspecified atom stereocenters. The lowest BCUT2D eigenvalue weighted by Crippen LogP contribution is -2.21. The zero-order valence-corrected chi connectivity index (χ0v) is 13.7. The Hall–Kier alpha value is -1.13. The molecule has 0 spiro atoms. The topological polar surface area (TPSA) is 43.8 Å². The molecule has 0 aliphatic carbocycles. The molecule has 0 bridgehead atoms. The third-order valence-corrected chi connectivity index (χ3v) is 4.31. The fourth-order valence-corrected chi connectivity index (χ4v) is 3.07. The molecule has 3 nitrogen and oxygen atoms in total. The minimum atomic E-state index is 0.129. The molecule has 0 saturated carbocycles. The summed E-state index contributed by atoms with van der Waals surface area (Å²) in [5.74, 6) is 0. The second-order valence-electron chi connectivity index (χ2n) is 6.44. The maximum absolute atomic E-state index is 6.00. The molecule has 4 heteroatoms. The van der Waals surface area contributed by atoms with E-state index in [1.165, 1.54) is 11.3 Å². The van der Waals surface area contributed by atoms with E-state index >= 15 is 0 Å². The van der Waals surface area contributed by atoms with Crippen LogP contribution < -0.4 is 5.73 Å². The van der Waals surface area contributed by atoms with E-state index in [1.54, 1.807) is 11.3 Å². The smallest absolute Gasteiger partial charge is 0.113 e. The van der Waals surface area contributed by atoms with Crippen molar-refractivity contribution in [3.05, 3.63) is 40.1 Å². The molecule has 0 aromatic carbocycles. The lowest BCUT2D eigenvalue weighted by atomic mass is 9.93. The van der Waals surface area contributed by atoms with Crippen LogP contribution in [0.5, 0.6) is 0 Å². The fourth-order valence-electron chi connectivity index (χ4n) is 2.04. The van der Waals surface area contributed by atoms with Crippen LogP contribution in [0.2, 0.25) is 0 Å². The largest absolute Gasteiger partial charge is 0.347 e. The van der Waals surface area contributed by atoms with Gasteiger partial charge in [-0.2, -0.15) is 0 Å². The van der Waals surface area contributed by atoms with E-state index in [0.717, 1.165) is 24.4 Å². The molecule has 0 radical (unpaired) electrons. The van der Waals surface area contributed by atoms with E-state index in [4.69, 9.17) is 10.7 Å². The van der Waals surface area contributed by atoms with Gasteiger partial charge in [0.05, 0.1) is 12.2 Å². The summed E-state index contributed by atoms with van der Waals surface area (Å²) in [6.45, 7) is 9.58. The summed E-state index contributed by atoms with van der Waals surface area (Å²) in [7, 11) is 0. The Morgan fingerprint density at radius 1 is 1.40 bits per heavy atom. The Morgan fingerprint density at radius 3 is 2.75 bits per heavy atom. The van der Waals surface area contributed by atoms with E-state index in [-0.39, 0.29) is 11.5 Å². The number of nitrogens with two attached hydrogens (primary N) is 1. The molecule has 1 atom stereocenters. The van der Waals surface area contributed by atoms with Gasteiger partial charge in [-0.15, -0.1) is 11.3 Å². The van der Waals surface area contributed by atoms with Crippen molar-refractivity contribution >= 4 is 11.3 Å². The van der Waals surface area contributed by atoms with Crippen LogP contribution in [0.3, 0.4) is 0 Å². The molecule has 0 aliphatic heterocycles. The van der Waals surface area contributed by atoms with Gasteiger partial charge >= 0.3 is 0 Å². The predicted molar refractivity (Wildman–Crippen MR) is 86.3 cm³/mol. The van der Waals surface area contributed by atoms with Crippen LogP contribution in [0.4, 0.5) is 0 Å². The van der Waals surface area contributed by atoms with Gasteiger partial charge in [0, 0.05) is 29.2 Å². The summed E-state index contributed by atoms with van der Waals surface area (Å²) >= 11 is 1.74. The number of nitrogens with zero attached hydrogens (tertiary/aromatic N) is 2. The van der Waals surface area contributed by atoms with Crippen LogP contribution in [0.1, 0.15) is 50.4 Å². The van der Waals surface area contributed by atoms with Crippen LogP contribution in [-0.2, 0) is 18.4 Å². The van der Waals surface area contributed by atoms with Crippen LogP contribution in [0, 0.1) is 0 Å². The maximum Gasteiger partial charge on any atom is 0.113 e. The lowest BCUT2D eigenvalue weighted by Gasteiger charge is -2.14. The summed E-state index contributed by atoms with van der Waals surface area (Å²) < 4.78 is 2.20. The Bertz CT molecular complexity index is 548. The first-order valence-electron chi connectivity index (χ1n) is 7.23. The Kier molecular flexibility index (Phi) is 4.66. The van der Waals surface area contributed by atoms with Gasteiger partial charge in [0.25, 0.3) is 0 Å². The van der Waals surface area contributed by atoms with Crippen molar-refractivity contribution in [3.63, 3.8) is 0 Å². The van der Waals surface area contributed by atoms with E-state index in [0.29, 0.717) is 0 Å². The molecular weight excluding hydrogens is 266 g/mol. The molecule has 2 rings (SSSR count). The molecule has 0 amide bonds. The highest BCUT2D eigenvalue weighted by atomic mass is 32.1. The van der Waals surface area contributed by atoms with Crippen molar-refractivity contribution in [2.45, 2.75) is 58.5 Å². The Labute approximate surface area is 125 Å². The fraction of sp³-hybridized carbons (Fsp3) is 0.562. The first-order chi connectivity index (χ1) is 9.38. The highest BCUT2D eigenvalue weighted by molar-refractivity contribution is 7.09. The molecule has 2 aromatic heterocycles. The molecule has 2 N–H and O–H groups in total. The van der Waals surface area contributed by atoms with Crippen LogP contribution in [0.25, 0.3) is 0 Å². The van der Waals surface area contributed by atoms with Gasteiger partial charge in [0.2, 0.25) is 0 Å². The molecule has 0 aliphatic rings. The van der Waals surface area contributed by atoms with Crippen molar-refractivity contribution in [2.24, 2.45) is 5.73 Å². The monoisotopic (exact) mass is 291 g/mol. The average molecular weight is 291 g/mol. The number of thiazole rings is 1. The predicted octanol–water partition coefficient (Wildman–Crippen LogP) is 3.57. The lowest BCUT2D eigenvalue weighted by molar-refractivity contribution is 0.569. The molecule has 110 valence electrons. The van der Waals surface area contributed by atoms with Gasteiger partial charge in [-0.3, -0.25) is 0 Å². The number of aromatic nitrogens is 2. The summed E-state index contributed by atoms with van der Waals surface area (Å²) in [6, 6.07) is 2.42. The van der Waals surface area contributed by atoms with Gasteiger partial charge in [-0.1, -0.05) is 27.7 Å². The average Bonchev–Trinajstić information content (AvgIpc) is 2.98. The van der Waals surface area contributed by atoms with E-state index in [9.17, 15) is 0 Å². The van der Waals surface area contributed by atoms with Crippen molar-refractivity contribution in [1.82, 2.24) is 9.55 Å². The third kappa shape index (κ3) is 3.93. The van der Waals surface area contributed by atoms with Crippen LogP contribution >= 0.6 is 11.3 Å². The van der Waals surface area contributed by atoms with E-state index in [1.807, 2.05) is 0 Å². The standard InChI is InChI=1S/C16H25N3S/c1-5-13(17)8-12-6-7-19(9-12)10-15-18-14(11-20-15)16(2,3)4/h6-7,9,11,13H,5,8,10,17H2,1-4H3. The number of hydrogen-bond donors (Lipinski definition) is 1. The second-order valence-corrected chi connectivity index (χ2v) is 7.38. The van der Waals surface area contributed by atoms with Crippen molar-refractivity contribution in [1.29, 1.82) is 0 Å². The number of rotatable bonds is 5. The normalized spacial score (nSPS) is 13.7. The summed E-state index contributed by atoms with van der Waals surface area (Å²) in [5, 5.41) is 3.34. The Morgan fingerprint density at radius 2 is 2.15 bits per heavy atom. The van der Waals surface area contributed by atoms with E-state index < -0.39 is 0 Å². The highest BCUT2D eigenvalue weighted by Gasteiger charge is 2.17. The molecule has 2 heterocycles. The summed E-state index contributed by atoms with van der Waals surface area (Å²) in [4.78, 5) is 4.74. The summed E-state index contributed by atoms with van der Waals surface area (Å²) in [5.41, 5.74) is 8.62. The zero-order chi connectivity index (χ0) is 14.8. The molecular formula is C16H25N3S. The van der Waals surface area contributed by atoms with Gasteiger partial charge in [0.1, 0.15) is 5.01 Å². The number of hydrogen-bond acceptors (Lipinski definition) is 3. The maximum atomic E-state index is 6.00. The van der Waals surface area contributed by atoms with Gasteiger partial charge < -0.3 is 10.3 Å². The minimum absolute atomic E-state index is 0.129. The first-order valence-corrected chi connectivity index (χ1v) is 8.11. The van der Waals surface area contributed by atoms with Crippen molar-refractivity contribution < 1.29 is 0 Å². The third-order valence-electron chi connectivity index (χ3n) is 3.47. The van der Waals surface area contributed by atoms with Crippen LogP contribution in [0.15, 0.2) is 23.8 Å². The van der Waals surface area contributed by atoms with Gasteiger partial charge in [-0.05, 0) is 24.5 Å². The molecule has 20 heavy (non-hydrogen) atoms.